The number of nitrogens with zero attached hydrogens (tertiary/aromatic N) is 4. The quantitative estimate of drug-likeness (QED) is 0.794. The molecule has 4 heterocycles. The zero-order valence-corrected chi connectivity index (χ0v) is 13.1. The van der Waals surface area contributed by atoms with Crippen molar-refractivity contribution in [1.82, 2.24) is 14.9 Å². The molecular weight excluding hydrogens is 332 g/mol. The van der Waals surface area contributed by atoms with Crippen LogP contribution in [0.15, 0.2) is 29.0 Å². The molecule has 4 rings (SSSR count). The van der Waals surface area contributed by atoms with Crippen molar-refractivity contribution in [1.29, 1.82) is 0 Å². The van der Waals surface area contributed by atoms with Crippen molar-refractivity contribution < 1.29 is 4.79 Å². The van der Waals surface area contributed by atoms with Crippen LogP contribution in [0.1, 0.15) is 12.8 Å². The van der Waals surface area contributed by atoms with Crippen LogP contribution in [0, 0.1) is 0 Å². The Balaban J connectivity index is 1.69. The topological polar surface area (TPSA) is 49.3 Å². The highest BCUT2D eigenvalue weighted by Gasteiger charge is 2.35. The fraction of sp³-hybridized carbons (Fsp3) is 0.400. The third-order valence-corrected chi connectivity index (χ3v) is 4.79. The van der Waals surface area contributed by atoms with Crippen LogP contribution in [-0.4, -0.2) is 46.5 Å². The van der Waals surface area contributed by atoms with Gasteiger partial charge in [0.2, 0.25) is 5.91 Å². The van der Waals surface area contributed by atoms with E-state index in [0.717, 1.165) is 47.2 Å². The second-order valence-electron chi connectivity index (χ2n) is 5.58. The molecule has 0 spiro atoms. The summed E-state index contributed by atoms with van der Waals surface area (Å²) in [4.78, 5) is 25.1. The molecule has 2 aromatic rings. The van der Waals surface area contributed by atoms with Gasteiger partial charge in [0, 0.05) is 49.0 Å². The minimum atomic E-state index is 0.307. The number of fused-ring (bicyclic) bond motifs is 2. The summed E-state index contributed by atoms with van der Waals surface area (Å²) in [6, 6.07) is 4.36. The van der Waals surface area contributed by atoms with Crippen molar-refractivity contribution in [2.24, 2.45) is 0 Å². The van der Waals surface area contributed by atoms with Crippen LogP contribution < -0.4 is 4.90 Å². The number of piperazine rings is 1. The van der Waals surface area contributed by atoms with Gasteiger partial charge in [-0.05, 0) is 34.5 Å². The molecule has 2 fully saturated rings. The highest BCUT2D eigenvalue weighted by molar-refractivity contribution is 9.10. The van der Waals surface area contributed by atoms with E-state index in [4.69, 9.17) is 0 Å². The molecule has 0 N–H and O–H groups in total. The number of hydrogen-bond acceptors (Lipinski definition) is 4. The first-order chi connectivity index (χ1) is 10.2. The van der Waals surface area contributed by atoms with E-state index in [1.165, 1.54) is 0 Å². The number of carbonyl (C=O) groups excluding carboxylic acids is 1. The third-order valence-electron chi connectivity index (χ3n) is 4.36. The van der Waals surface area contributed by atoms with Gasteiger partial charge >= 0.3 is 0 Å². The molecule has 2 aliphatic rings. The summed E-state index contributed by atoms with van der Waals surface area (Å²) in [5, 5.41) is 0. The molecule has 5 nitrogen and oxygen atoms in total. The maximum absolute atomic E-state index is 11.8. The molecule has 6 heteroatoms. The highest BCUT2D eigenvalue weighted by Crippen LogP contribution is 2.30. The van der Waals surface area contributed by atoms with E-state index >= 15 is 0 Å². The van der Waals surface area contributed by atoms with E-state index in [1.807, 2.05) is 29.4 Å². The average Bonchev–Trinajstić information content (AvgIpc) is 2.87. The van der Waals surface area contributed by atoms with E-state index in [1.54, 1.807) is 0 Å². The van der Waals surface area contributed by atoms with Crippen LogP contribution in [0.5, 0.6) is 0 Å². The second kappa shape index (κ2) is 4.94. The molecule has 1 atom stereocenters. The van der Waals surface area contributed by atoms with E-state index in [2.05, 4.69) is 30.8 Å². The molecule has 0 saturated carbocycles. The molecule has 0 aliphatic carbocycles. The van der Waals surface area contributed by atoms with Crippen molar-refractivity contribution >= 4 is 38.6 Å². The van der Waals surface area contributed by atoms with Crippen LogP contribution in [-0.2, 0) is 4.79 Å². The number of aromatic nitrogens is 2. The van der Waals surface area contributed by atoms with Crippen LogP contribution >= 0.6 is 15.9 Å². The first kappa shape index (κ1) is 13.0. The number of amides is 1. The molecular formula is C15H15BrN4O. The Labute approximate surface area is 131 Å². The van der Waals surface area contributed by atoms with Gasteiger partial charge in [-0.15, -0.1) is 0 Å². The summed E-state index contributed by atoms with van der Waals surface area (Å²) < 4.78 is 0.936. The summed E-state index contributed by atoms with van der Waals surface area (Å²) in [5.41, 5.74) is 2.94. The first-order valence-corrected chi connectivity index (χ1v) is 7.96. The Morgan fingerprint density at radius 3 is 3.10 bits per heavy atom. The molecule has 108 valence electrons. The summed E-state index contributed by atoms with van der Waals surface area (Å²) in [6.45, 7) is 2.56. The lowest BCUT2D eigenvalue weighted by Gasteiger charge is -2.39. The highest BCUT2D eigenvalue weighted by atomic mass is 79.9. The number of carbonyl (C=O) groups is 1. The van der Waals surface area contributed by atoms with E-state index in [9.17, 15) is 4.79 Å². The van der Waals surface area contributed by atoms with Crippen molar-refractivity contribution in [2.75, 3.05) is 24.5 Å². The Kier molecular flexibility index (Phi) is 3.06. The Morgan fingerprint density at radius 2 is 2.19 bits per heavy atom. The Morgan fingerprint density at radius 1 is 1.29 bits per heavy atom. The second-order valence-corrected chi connectivity index (χ2v) is 6.49. The fourth-order valence-corrected chi connectivity index (χ4v) is 3.65. The van der Waals surface area contributed by atoms with Gasteiger partial charge in [-0.3, -0.25) is 14.8 Å². The zero-order chi connectivity index (χ0) is 14.4. The zero-order valence-electron chi connectivity index (χ0n) is 11.5. The Hall–Kier alpha value is -1.69. The number of hydrogen-bond donors (Lipinski definition) is 0. The smallest absolute Gasteiger partial charge is 0.223 e. The van der Waals surface area contributed by atoms with Crippen molar-refractivity contribution in [3.05, 3.63) is 29.0 Å². The van der Waals surface area contributed by atoms with Gasteiger partial charge in [-0.25, -0.2) is 0 Å². The summed E-state index contributed by atoms with van der Waals surface area (Å²) in [7, 11) is 0. The maximum atomic E-state index is 11.8. The SMILES string of the molecule is O=C1CCC2CN(c3ccnc4cc(Br)cnc34)CCN12. The minimum Gasteiger partial charge on any atom is -0.366 e. The first-order valence-electron chi connectivity index (χ1n) is 7.17. The van der Waals surface area contributed by atoms with Gasteiger partial charge in [0.25, 0.3) is 0 Å². The standard InChI is InChI=1S/C15H15BrN4O/c16-10-7-12-15(18-8-10)13(3-4-17-12)19-5-6-20-11(9-19)1-2-14(20)21/h3-4,7-8,11H,1-2,5-6,9H2. The van der Waals surface area contributed by atoms with Crippen molar-refractivity contribution in [3.63, 3.8) is 0 Å². The number of pyridine rings is 2. The number of anilines is 1. The average molecular weight is 347 g/mol. The normalized spacial score (nSPS) is 22.0. The molecule has 1 unspecified atom stereocenters. The van der Waals surface area contributed by atoms with Crippen LogP contribution in [0.2, 0.25) is 0 Å². The van der Waals surface area contributed by atoms with Crippen LogP contribution in [0.3, 0.4) is 0 Å². The van der Waals surface area contributed by atoms with Gasteiger partial charge < -0.3 is 9.80 Å². The van der Waals surface area contributed by atoms with Gasteiger partial charge in [0.15, 0.2) is 0 Å². The predicted molar refractivity (Wildman–Crippen MR) is 84.2 cm³/mol. The predicted octanol–water partition coefficient (Wildman–Crippen LogP) is 2.20. The lowest BCUT2D eigenvalue weighted by atomic mass is 10.1. The van der Waals surface area contributed by atoms with Gasteiger partial charge in [0.1, 0.15) is 5.52 Å². The molecule has 0 aromatic carbocycles. The summed E-state index contributed by atoms with van der Waals surface area (Å²) in [6.07, 6.45) is 5.30. The van der Waals surface area contributed by atoms with Gasteiger partial charge in [-0.2, -0.15) is 0 Å². The molecule has 0 bridgehead atoms. The fourth-order valence-electron chi connectivity index (χ4n) is 3.33. The lowest BCUT2D eigenvalue weighted by Crippen LogP contribution is -2.51. The molecule has 21 heavy (non-hydrogen) atoms. The summed E-state index contributed by atoms with van der Waals surface area (Å²) >= 11 is 3.44. The molecule has 2 saturated heterocycles. The van der Waals surface area contributed by atoms with E-state index in [0.29, 0.717) is 18.4 Å². The van der Waals surface area contributed by atoms with Crippen LogP contribution in [0.25, 0.3) is 11.0 Å². The van der Waals surface area contributed by atoms with E-state index < -0.39 is 0 Å². The summed E-state index contributed by atoms with van der Waals surface area (Å²) in [5.74, 6) is 0.307. The van der Waals surface area contributed by atoms with Crippen LogP contribution in [0.4, 0.5) is 5.69 Å². The Bertz CT molecular complexity index is 720. The molecule has 1 amide bonds. The number of rotatable bonds is 1. The van der Waals surface area contributed by atoms with E-state index in [-0.39, 0.29) is 0 Å². The van der Waals surface area contributed by atoms with Crippen molar-refractivity contribution in [3.8, 4) is 0 Å². The minimum absolute atomic E-state index is 0.307. The maximum Gasteiger partial charge on any atom is 0.223 e. The number of halogens is 1. The third kappa shape index (κ3) is 2.18. The molecule has 2 aliphatic heterocycles. The lowest BCUT2D eigenvalue weighted by molar-refractivity contribution is -0.129. The van der Waals surface area contributed by atoms with Gasteiger partial charge in [-0.1, -0.05) is 0 Å². The largest absolute Gasteiger partial charge is 0.366 e. The van der Waals surface area contributed by atoms with Gasteiger partial charge in [0.05, 0.1) is 11.2 Å². The molecule has 0 radical (unpaired) electrons. The monoisotopic (exact) mass is 346 g/mol. The van der Waals surface area contributed by atoms with Crippen molar-refractivity contribution in [2.45, 2.75) is 18.9 Å². The molecule has 2 aromatic heterocycles.